The SMILES string of the molecule is CC(C)C1CC23OC1(O)CC(=CNc1ccc(O)cc1)C2CCC3C. The molecule has 4 rings (SSSR count). The summed E-state index contributed by atoms with van der Waals surface area (Å²) in [5.41, 5.74) is 2.01. The first-order valence-corrected chi connectivity index (χ1v) is 9.51. The van der Waals surface area contributed by atoms with Crippen LogP contribution in [-0.4, -0.2) is 21.6 Å². The van der Waals surface area contributed by atoms with Gasteiger partial charge in [-0.2, -0.15) is 0 Å². The molecular formula is C21H29NO3. The second-order valence-corrected chi connectivity index (χ2v) is 8.57. The number of benzene rings is 1. The number of ether oxygens (including phenoxy) is 1. The van der Waals surface area contributed by atoms with Gasteiger partial charge in [-0.1, -0.05) is 20.8 Å². The van der Waals surface area contributed by atoms with Crippen LogP contribution in [0.1, 0.15) is 46.5 Å². The molecule has 4 heteroatoms. The van der Waals surface area contributed by atoms with Crippen molar-refractivity contribution in [3.8, 4) is 5.75 Å². The van der Waals surface area contributed by atoms with Gasteiger partial charge in [-0.25, -0.2) is 0 Å². The Bertz CT molecular complexity index is 683. The van der Waals surface area contributed by atoms with Gasteiger partial charge in [0.2, 0.25) is 0 Å². The minimum Gasteiger partial charge on any atom is -0.508 e. The second kappa shape index (κ2) is 5.75. The lowest BCUT2D eigenvalue weighted by atomic mass is 9.77. The van der Waals surface area contributed by atoms with Gasteiger partial charge >= 0.3 is 0 Å². The van der Waals surface area contributed by atoms with Crippen molar-refractivity contribution in [2.75, 3.05) is 5.32 Å². The molecule has 1 aromatic carbocycles. The van der Waals surface area contributed by atoms with Gasteiger partial charge in [-0.15, -0.1) is 0 Å². The van der Waals surface area contributed by atoms with Crippen LogP contribution in [0.25, 0.3) is 0 Å². The van der Waals surface area contributed by atoms with E-state index in [9.17, 15) is 10.2 Å². The summed E-state index contributed by atoms with van der Waals surface area (Å²) in [6.07, 6.45) is 5.90. The molecule has 1 aliphatic carbocycles. The maximum Gasteiger partial charge on any atom is 0.173 e. The Hall–Kier alpha value is -1.52. The fourth-order valence-electron chi connectivity index (χ4n) is 5.44. The average Bonchev–Trinajstić information content (AvgIpc) is 3.02. The second-order valence-electron chi connectivity index (χ2n) is 8.57. The highest BCUT2D eigenvalue weighted by molar-refractivity contribution is 5.49. The van der Waals surface area contributed by atoms with Gasteiger partial charge in [0.15, 0.2) is 5.79 Å². The smallest absolute Gasteiger partial charge is 0.173 e. The van der Waals surface area contributed by atoms with E-state index >= 15 is 0 Å². The van der Waals surface area contributed by atoms with Crippen molar-refractivity contribution in [1.29, 1.82) is 0 Å². The van der Waals surface area contributed by atoms with Gasteiger partial charge in [0.1, 0.15) is 5.75 Å². The quantitative estimate of drug-likeness (QED) is 0.718. The molecule has 1 aromatic rings. The Morgan fingerprint density at radius 2 is 1.96 bits per heavy atom. The van der Waals surface area contributed by atoms with Crippen molar-refractivity contribution in [1.82, 2.24) is 0 Å². The van der Waals surface area contributed by atoms with Crippen LogP contribution in [0.15, 0.2) is 36.0 Å². The van der Waals surface area contributed by atoms with Gasteiger partial charge < -0.3 is 20.3 Å². The summed E-state index contributed by atoms with van der Waals surface area (Å²) in [6.45, 7) is 6.66. The molecule has 5 unspecified atom stereocenters. The van der Waals surface area contributed by atoms with E-state index in [-0.39, 0.29) is 17.3 Å². The van der Waals surface area contributed by atoms with Crippen molar-refractivity contribution >= 4 is 5.69 Å². The Balaban J connectivity index is 1.65. The van der Waals surface area contributed by atoms with Crippen LogP contribution >= 0.6 is 0 Å². The lowest BCUT2D eigenvalue weighted by molar-refractivity contribution is -0.269. The Morgan fingerprint density at radius 1 is 1.24 bits per heavy atom. The average molecular weight is 343 g/mol. The number of hydrogen-bond acceptors (Lipinski definition) is 4. The summed E-state index contributed by atoms with van der Waals surface area (Å²) >= 11 is 0. The Morgan fingerprint density at radius 3 is 2.64 bits per heavy atom. The predicted molar refractivity (Wildman–Crippen MR) is 98.0 cm³/mol. The molecule has 1 saturated carbocycles. The number of aromatic hydroxyl groups is 1. The summed E-state index contributed by atoms with van der Waals surface area (Å²) in [6, 6.07) is 7.07. The van der Waals surface area contributed by atoms with Crippen molar-refractivity contribution in [2.24, 2.45) is 23.7 Å². The number of aliphatic hydroxyl groups is 1. The minimum absolute atomic E-state index is 0.190. The van der Waals surface area contributed by atoms with Crippen LogP contribution in [-0.2, 0) is 4.74 Å². The van der Waals surface area contributed by atoms with Gasteiger partial charge in [0.25, 0.3) is 0 Å². The van der Waals surface area contributed by atoms with E-state index < -0.39 is 5.79 Å². The van der Waals surface area contributed by atoms with E-state index in [1.165, 1.54) is 5.57 Å². The van der Waals surface area contributed by atoms with Crippen molar-refractivity contribution in [3.63, 3.8) is 0 Å². The minimum atomic E-state index is -1.04. The molecule has 2 heterocycles. The molecule has 2 bridgehead atoms. The Kier molecular flexibility index (Phi) is 3.89. The monoisotopic (exact) mass is 343 g/mol. The van der Waals surface area contributed by atoms with E-state index in [0.717, 1.165) is 24.9 Å². The van der Waals surface area contributed by atoms with Crippen LogP contribution < -0.4 is 5.32 Å². The number of phenolic OH excluding ortho intramolecular Hbond substituents is 1. The van der Waals surface area contributed by atoms with Gasteiger partial charge in [0, 0.05) is 30.1 Å². The first-order chi connectivity index (χ1) is 11.8. The maximum atomic E-state index is 11.3. The molecule has 3 fully saturated rings. The van der Waals surface area contributed by atoms with E-state index in [1.807, 2.05) is 12.1 Å². The molecule has 5 atom stereocenters. The van der Waals surface area contributed by atoms with Crippen molar-refractivity contribution < 1.29 is 14.9 Å². The van der Waals surface area contributed by atoms with Gasteiger partial charge in [0.05, 0.1) is 5.60 Å². The highest BCUT2D eigenvalue weighted by atomic mass is 16.6. The number of anilines is 1. The largest absolute Gasteiger partial charge is 0.508 e. The molecule has 25 heavy (non-hydrogen) atoms. The third-order valence-corrected chi connectivity index (χ3v) is 6.80. The third kappa shape index (κ3) is 2.58. The first kappa shape index (κ1) is 16.9. The standard InChI is InChI=1S/C21H29NO3/c1-13(2)19-11-20-14(3)4-9-18(20)15(10-21(19,24)25-20)12-22-16-5-7-17(23)8-6-16/h5-8,12-14,18-19,22-24H,4,9-11H2,1-3H3. The molecule has 3 N–H and O–H groups in total. The molecule has 4 nitrogen and oxygen atoms in total. The lowest BCUT2D eigenvalue weighted by Crippen LogP contribution is -2.49. The zero-order valence-corrected chi connectivity index (χ0v) is 15.3. The van der Waals surface area contributed by atoms with E-state index in [0.29, 0.717) is 24.2 Å². The fourth-order valence-corrected chi connectivity index (χ4v) is 5.44. The van der Waals surface area contributed by atoms with Crippen LogP contribution in [0.5, 0.6) is 5.75 Å². The molecule has 0 radical (unpaired) electrons. The van der Waals surface area contributed by atoms with Crippen molar-refractivity contribution in [2.45, 2.75) is 57.8 Å². The summed E-state index contributed by atoms with van der Waals surface area (Å²) in [5, 5.41) is 24.1. The third-order valence-electron chi connectivity index (χ3n) is 6.80. The molecule has 0 aromatic heterocycles. The molecule has 0 amide bonds. The van der Waals surface area contributed by atoms with E-state index in [2.05, 4.69) is 32.3 Å². The van der Waals surface area contributed by atoms with Crippen LogP contribution in [0.3, 0.4) is 0 Å². The highest BCUT2D eigenvalue weighted by Crippen LogP contribution is 2.64. The zero-order chi connectivity index (χ0) is 17.8. The molecule has 136 valence electrons. The molecule has 3 aliphatic rings. The van der Waals surface area contributed by atoms with Crippen LogP contribution in [0, 0.1) is 23.7 Å². The van der Waals surface area contributed by atoms with Crippen LogP contribution in [0.4, 0.5) is 5.69 Å². The molecule has 2 aliphatic heterocycles. The van der Waals surface area contributed by atoms with E-state index in [1.54, 1.807) is 12.1 Å². The fraction of sp³-hybridized carbons (Fsp3) is 0.619. The van der Waals surface area contributed by atoms with Gasteiger partial charge in [-0.3, -0.25) is 0 Å². The maximum absolute atomic E-state index is 11.3. The highest BCUT2D eigenvalue weighted by Gasteiger charge is 2.66. The molecular weight excluding hydrogens is 314 g/mol. The number of phenols is 1. The molecule has 1 spiro atoms. The first-order valence-electron chi connectivity index (χ1n) is 9.51. The predicted octanol–water partition coefficient (Wildman–Crippen LogP) is 4.26. The summed E-state index contributed by atoms with van der Waals surface area (Å²) in [5.74, 6) is 0.685. The van der Waals surface area contributed by atoms with Gasteiger partial charge in [-0.05, 0) is 60.9 Å². The summed E-state index contributed by atoms with van der Waals surface area (Å²) < 4.78 is 6.43. The molecule has 2 saturated heterocycles. The summed E-state index contributed by atoms with van der Waals surface area (Å²) in [4.78, 5) is 0. The van der Waals surface area contributed by atoms with E-state index in [4.69, 9.17) is 4.74 Å². The number of hydrogen-bond donors (Lipinski definition) is 3. The summed E-state index contributed by atoms with van der Waals surface area (Å²) in [7, 11) is 0. The topological polar surface area (TPSA) is 61.7 Å². The number of fused-ring (bicyclic) bond motifs is 1. The Labute approximate surface area is 149 Å². The van der Waals surface area contributed by atoms with Crippen molar-refractivity contribution in [3.05, 3.63) is 36.0 Å². The number of rotatable bonds is 3. The number of nitrogens with one attached hydrogen (secondary N) is 1. The lowest BCUT2D eigenvalue weighted by Gasteiger charge is -2.44. The normalized spacial score (nSPS) is 41.3. The van der Waals surface area contributed by atoms with Crippen LogP contribution in [0.2, 0.25) is 0 Å². The zero-order valence-electron chi connectivity index (χ0n) is 15.3.